The van der Waals surface area contributed by atoms with E-state index in [-0.39, 0.29) is 18.4 Å². The Morgan fingerprint density at radius 2 is 2.20 bits per heavy atom. The van der Waals surface area contributed by atoms with Crippen molar-refractivity contribution in [2.75, 3.05) is 39.3 Å². The van der Waals surface area contributed by atoms with Crippen LogP contribution in [0.3, 0.4) is 0 Å². The Morgan fingerprint density at radius 3 is 2.96 bits per heavy atom. The molecule has 0 saturated carbocycles. The second-order valence-electron chi connectivity index (χ2n) is 5.78. The topological polar surface area (TPSA) is 75.9 Å². The van der Waals surface area contributed by atoms with Crippen molar-refractivity contribution in [1.82, 2.24) is 15.0 Å². The Bertz CT molecular complexity index is 713. The van der Waals surface area contributed by atoms with E-state index in [2.05, 4.69) is 5.16 Å². The van der Waals surface area contributed by atoms with Crippen LogP contribution in [0.1, 0.15) is 23.8 Å². The number of carbonyl (C=O) groups excluding carboxylic acids is 2. The lowest BCUT2D eigenvalue weighted by atomic mass is 10.3. The zero-order valence-electron chi connectivity index (χ0n) is 14.1. The number of hydrogen-bond donors (Lipinski definition) is 0. The number of nitrogens with zero attached hydrogens (tertiary/aromatic N) is 3. The van der Waals surface area contributed by atoms with Gasteiger partial charge in [-0.3, -0.25) is 14.5 Å². The average Bonchev–Trinajstić information content (AvgIpc) is 3.23. The monoisotopic (exact) mass is 363 g/mol. The first-order valence-corrected chi connectivity index (χ1v) is 9.23. The number of aromatic nitrogens is 1. The molecule has 0 unspecified atom stereocenters. The minimum Gasteiger partial charge on any atom is -0.465 e. The molecule has 1 saturated heterocycles. The number of carbonyl (C=O) groups is 2. The molecule has 3 rings (SSSR count). The Hall–Kier alpha value is -2.19. The van der Waals surface area contributed by atoms with Gasteiger partial charge in [0, 0.05) is 32.2 Å². The molecule has 2 aromatic rings. The number of rotatable bonds is 5. The van der Waals surface area contributed by atoms with E-state index in [1.165, 1.54) is 0 Å². The predicted molar refractivity (Wildman–Crippen MR) is 93.4 cm³/mol. The van der Waals surface area contributed by atoms with Gasteiger partial charge in [0.2, 0.25) is 0 Å². The van der Waals surface area contributed by atoms with E-state index >= 15 is 0 Å². The lowest BCUT2D eigenvalue weighted by molar-refractivity contribution is -0.144. The zero-order valence-corrected chi connectivity index (χ0v) is 15.0. The molecule has 3 heterocycles. The fourth-order valence-corrected chi connectivity index (χ4v) is 3.47. The SMILES string of the molecule is CCOC(=O)CN1CCCN(C(=O)c2cc(-c3cccs3)on2)CC1. The van der Waals surface area contributed by atoms with Crippen molar-refractivity contribution in [2.24, 2.45) is 0 Å². The van der Waals surface area contributed by atoms with Gasteiger partial charge in [0.25, 0.3) is 5.91 Å². The van der Waals surface area contributed by atoms with Crippen molar-refractivity contribution < 1.29 is 18.8 Å². The third kappa shape index (κ3) is 4.46. The zero-order chi connectivity index (χ0) is 17.6. The highest BCUT2D eigenvalue weighted by Crippen LogP contribution is 2.25. The summed E-state index contributed by atoms with van der Waals surface area (Å²) in [4.78, 5) is 29.0. The number of amides is 1. The van der Waals surface area contributed by atoms with Gasteiger partial charge in [0.15, 0.2) is 11.5 Å². The van der Waals surface area contributed by atoms with E-state index < -0.39 is 0 Å². The molecule has 0 radical (unpaired) electrons. The van der Waals surface area contributed by atoms with Crippen molar-refractivity contribution in [2.45, 2.75) is 13.3 Å². The number of ether oxygens (including phenoxy) is 1. The van der Waals surface area contributed by atoms with E-state index in [1.807, 2.05) is 22.4 Å². The van der Waals surface area contributed by atoms with Gasteiger partial charge in [0.1, 0.15) is 0 Å². The van der Waals surface area contributed by atoms with Crippen molar-refractivity contribution in [1.29, 1.82) is 0 Å². The highest BCUT2D eigenvalue weighted by atomic mass is 32.1. The van der Waals surface area contributed by atoms with Gasteiger partial charge in [-0.25, -0.2) is 0 Å². The smallest absolute Gasteiger partial charge is 0.320 e. The van der Waals surface area contributed by atoms with E-state index in [0.717, 1.165) is 17.8 Å². The van der Waals surface area contributed by atoms with E-state index in [9.17, 15) is 9.59 Å². The van der Waals surface area contributed by atoms with Gasteiger partial charge in [-0.2, -0.15) is 0 Å². The molecule has 1 aliphatic heterocycles. The fraction of sp³-hybridized carbons (Fsp3) is 0.471. The lowest BCUT2D eigenvalue weighted by Crippen LogP contribution is -2.37. The van der Waals surface area contributed by atoms with Crippen LogP contribution in [0.5, 0.6) is 0 Å². The minimum atomic E-state index is -0.223. The summed E-state index contributed by atoms with van der Waals surface area (Å²) < 4.78 is 10.3. The van der Waals surface area contributed by atoms with Gasteiger partial charge < -0.3 is 14.2 Å². The van der Waals surface area contributed by atoms with Crippen LogP contribution >= 0.6 is 11.3 Å². The Morgan fingerprint density at radius 1 is 1.32 bits per heavy atom. The molecule has 8 heteroatoms. The Labute approximate surface area is 150 Å². The van der Waals surface area contributed by atoms with Crippen molar-refractivity contribution >= 4 is 23.2 Å². The van der Waals surface area contributed by atoms with Gasteiger partial charge in [-0.05, 0) is 24.8 Å². The first kappa shape index (κ1) is 17.6. The van der Waals surface area contributed by atoms with Gasteiger partial charge in [0.05, 0.1) is 18.0 Å². The van der Waals surface area contributed by atoms with Crippen LogP contribution in [0, 0.1) is 0 Å². The largest absolute Gasteiger partial charge is 0.465 e. The molecule has 0 atom stereocenters. The Kier molecular flexibility index (Phi) is 5.83. The number of hydrogen-bond acceptors (Lipinski definition) is 7. The van der Waals surface area contributed by atoms with E-state index in [1.54, 1.807) is 29.2 Å². The molecule has 2 aromatic heterocycles. The molecule has 25 heavy (non-hydrogen) atoms. The van der Waals surface area contributed by atoms with Crippen LogP contribution in [0.2, 0.25) is 0 Å². The minimum absolute atomic E-state index is 0.135. The maximum absolute atomic E-state index is 12.7. The molecule has 1 fully saturated rings. The molecule has 134 valence electrons. The maximum atomic E-state index is 12.7. The molecule has 0 N–H and O–H groups in total. The summed E-state index contributed by atoms with van der Waals surface area (Å²) >= 11 is 1.54. The van der Waals surface area contributed by atoms with Crippen LogP contribution in [-0.2, 0) is 9.53 Å². The second kappa shape index (κ2) is 8.26. The molecule has 7 nitrogen and oxygen atoms in total. The predicted octanol–water partition coefficient (Wildman–Crippen LogP) is 2.11. The summed E-state index contributed by atoms with van der Waals surface area (Å²) in [6, 6.07) is 5.55. The van der Waals surface area contributed by atoms with Crippen LogP contribution in [0.25, 0.3) is 10.6 Å². The molecule has 1 aliphatic rings. The molecule has 1 amide bonds. The number of esters is 1. The van der Waals surface area contributed by atoms with Gasteiger partial charge in [-0.15, -0.1) is 11.3 Å². The quantitative estimate of drug-likeness (QED) is 0.758. The van der Waals surface area contributed by atoms with Gasteiger partial charge >= 0.3 is 5.97 Å². The summed E-state index contributed by atoms with van der Waals surface area (Å²) in [7, 11) is 0. The van der Waals surface area contributed by atoms with Crippen LogP contribution < -0.4 is 0 Å². The third-order valence-corrected chi connectivity index (χ3v) is 4.91. The maximum Gasteiger partial charge on any atom is 0.320 e. The highest BCUT2D eigenvalue weighted by molar-refractivity contribution is 7.13. The van der Waals surface area contributed by atoms with Crippen LogP contribution in [0.15, 0.2) is 28.1 Å². The fourth-order valence-electron chi connectivity index (χ4n) is 2.79. The number of thiophene rings is 1. The summed E-state index contributed by atoms with van der Waals surface area (Å²) in [5, 5.41) is 5.87. The third-order valence-electron chi connectivity index (χ3n) is 4.03. The molecule has 0 aliphatic carbocycles. The molecule has 0 bridgehead atoms. The first-order chi connectivity index (χ1) is 12.2. The average molecular weight is 363 g/mol. The Balaban J connectivity index is 1.59. The van der Waals surface area contributed by atoms with Crippen molar-refractivity contribution in [3.63, 3.8) is 0 Å². The molecular formula is C17H21N3O4S. The second-order valence-corrected chi connectivity index (χ2v) is 6.73. The summed E-state index contributed by atoms with van der Waals surface area (Å²) in [6.45, 7) is 5.04. The first-order valence-electron chi connectivity index (χ1n) is 8.35. The highest BCUT2D eigenvalue weighted by Gasteiger charge is 2.24. The summed E-state index contributed by atoms with van der Waals surface area (Å²) in [5.74, 6) is 0.251. The van der Waals surface area contributed by atoms with Gasteiger partial charge in [-0.1, -0.05) is 11.2 Å². The standard InChI is InChI=1S/C17H21N3O4S/c1-2-23-16(21)12-19-6-4-7-20(9-8-19)17(22)13-11-14(24-18-13)15-5-3-10-25-15/h3,5,10-11H,2,4,6-9,12H2,1H3. The molecular weight excluding hydrogens is 342 g/mol. The summed E-state index contributed by atoms with van der Waals surface area (Å²) in [5.41, 5.74) is 0.322. The van der Waals surface area contributed by atoms with E-state index in [0.29, 0.717) is 37.7 Å². The molecule has 0 aromatic carbocycles. The van der Waals surface area contributed by atoms with Crippen LogP contribution in [0.4, 0.5) is 0 Å². The van der Waals surface area contributed by atoms with Crippen molar-refractivity contribution in [3.05, 3.63) is 29.3 Å². The normalized spacial score (nSPS) is 15.8. The lowest BCUT2D eigenvalue weighted by Gasteiger charge is -2.20. The molecule has 0 spiro atoms. The van der Waals surface area contributed by atoms with Crippen LogP contribution in [-0.4, -0.2) is 66.2 Å². The van der Waals surface area contributed by atoms with Crippen molar-refractivity contribution in [3.8, 4) is 10.6 Å². The van der Waals surface area contributed by atoms with E-state index in [4.69, 9.17) is 9.26 Å². The summed E-state index contributed by atoms with van der Waals surface area (Å²) in [6.07, 6.45) is 0.806.